The lowest BCUT2D eigenvalue weighted by atomic mass is 10.1. The van der Waals surface area contributed by atoms with E-state index in [2.05, 4.69) is 45.2 Å². The lowest BCUT2D eigenvalue weighted by Crippen LogP contribution is -2.27. The first-order valence-corrected chi connectivity index (χ1v) is 32.6. The van der Waals surface area contributed by atoms with Crippen molar-refractivity contribution < 1.29 is 19.7 Å². The third-order valence-corrected chi connectivity index (χ3v) is 16.8. The predicted molar refractivity (Wildman–Crippen MR) is 411 cm³/mol. The highest BCUT2D eigenvalue weighted by atomic mass is 35.5. The number of aliphatic hydroxyl groups is 1. The van der Waals surface area contributed by atoms with Crippen molar-refractivity contribution in [3.8, 4) is 61.7 Å². The third-order valence-electron chi connectivity index (χ3n) is 13.9. The van der Waals surface area contributed by atoms with Gasteiger partial charge in [0.05, 0.1) is 126 Å². The van der Waals surface area contributed by atoms with Crippen LogP contribution in [0.4, 0.5) is 40.1 Å². The molecule has 0 amide bonds. The summed E-state index contributed by atoms with van der Waals surface area (Å²) in [7, 11) is 0. The van der Waals surface area contributed by atoms with Gasteiger partial charge in [-0.15, -0.1) is 32.1 Å². The molecule has 1 atom stereocenters. The smallest absolute Gasteiger partial charge is 0.292 e. The molecule has 1 unspecified atom stereocenters. The molecule has 31 heteroatoms. The number of hydrogen-bond donors (Lipinski definition) is 8. The number of aliphatic hydroxyl groups excluding tert-OH is 1. The van der Waals surface area contributed by atoms with Gasteiger partial charge in [0.15, 0.2) is 5.78 Å². The number of Topliss-reactive ketones (excluding diaryl/α,β-unsaturated/α-hetero) is 1. The molecular weight excluding hydrogens is 1500 g/mol. The van der Waals surface area contributed by atoms with Gasteiger partial charge in [0, 0.05) is 47.8 Å². The lowest BCUT2D eigenvalue weighted by Gasteiger charge is -2.13. The van der Waals surface area contributed by atoms with Crippen molar-refractivity contribution >= 4 is 195 Å². The van der Waals surface area contributed by atoms with Crippen molar-refractivity contribution in [3.05, 3.63) is 238 Å². The van der Waals surface area contributed by atoms with E-state index in [1.807, 2.05) is 12.1 Å². The molecule has 3 heterocycles. The first kappa shape index (κ1) is 79.9. The maximum atomic E-state index is 12.6. The Balaban J connectivity index is 0.000000197. The van der Waals surface area contributed by atoms with Crippen molar-refractivity contribution in [2.24, 2.45) is 0 Å². The fourth-order valence-corrected chi connectivity index (χ4v) is 10.9. The van der Waals surface area contributed by atoms with E-state index in [0.29, 0.717) is 103 Å². The number of halogens is 10. The standard InChI is InChI=1S/C18H14Cl3N3O.C18H12Cl3N3O.C10H8ClN3.C9H7ClN2O2.C9H9ClN2.C6H5ClN2O2/c2*1-2-7-23-16-9-12(19)4-6-15(16)24(18(23)22)10-17(25)11-3-5-13(20)14(21)8-11;1-2-5-14-9-6-7(11)3-4-8(9)13-10(14)12;1-2-5-11-8-6-7(10)3-4-9(8)12(13)14;1-2-5-12-9-6-7(10)3-4-8(9)11;7-4-1-2-6(9(10)11)5(8)3-4/h1,3-6,8-9,17,22,25H,7,10H2;1,3-6,8-9,22H,7,10H2;1,3-4,6H,5H2,(H2,12,13);1,3-4,6,11H,5H2;1,3-4,6,12H,5,11H2;1-3H,8H2. The van der Waals surface area contributed by atoms with Crippen LogP contribution in [0.15, 0.2) is 146 Å². The molecule has 0 saturated carbocycles. The summed E-state index contributed by atoms with van der Waals surface area (Å²) in [5, 5.41) is 58.5. The van der Waals surface area contributed by atoms with Gasteiger partial charge in [-0.25, -0.2) is 4.98 Å². The summed E-state index contributed by atoms with van der Waals surface area (Å²) >= 11 is 58.8. The Labute approximate surface area is 628 Å². The molecule has 0 fully saturated rings. The first-order valence-electron chi connectivity index (χ1n) is 28.8. The van der Waals surface area contributed by atoms with Crippen molar-refractivity contribution in [2.75, 3.05) is 40.9 Å². The molecule has 11 N–H and O–H groups in total. The Morgan fingerprint density at radius 3 is 1.46 bits per heavy atom. The number of anilines is 5. The number of imidazole rings is 3. The van der Waals surface area contributed by atoms with Crippen LogP contribution in [0.3, 0.4) is 0 Å². The van der Waals surface area contributed by atoms with E-state index in [4.69, 9.17) is 176 Å². The SMILES string of the molecule is C#CCNc1cc(Cl)ccc1N.C#CCNc1cc(Cl)ccc1[N+](=O)[O-].C#CCn1c(=N)n(CC(=O)c2ccc(Cl)c(Cl)c2)c2ccc(Cl)cc21.C#CCn1c(=N)n(CC(O)c2ccc(Cl)c(Cl)c2)c2ccc(Cl)cc21.C#CCn1c(N)nc2ccc(Cl)cc21.Nc1cc(Cl)ccc1[N+](=O)[O-]. The van der Waals surface area contributed by atoms with Crippen molar-refractivity contribution in [1.29, 1.82) is 10.8 Å². The largest absolute Gasteiger partial charge is 0.397 e. The number of carbonyl (C=O) groups excluding carboxylic acids is 1. The molecule has 0 radical (unpaired) electrons. The molecule has 3 aromatic heterocycles. The van der Waals surface area contributed by atoms with Crippen molar-refractivity contribution in [2.45, 2.75) is 38.8 Å². The number of nitrogens with one attached hydrogen (secondary N) is 4. The second-order valence-corrected chi connectivity index (χ2v) is 24.8. The summed E-state index contributed by atoms with van der Waals surface area (Å²) in [5.41, 5.74) is 24.3. The number of terminal acetylenes is 5. The second kappa shape index (κ2) is 37.9. The van der Waals surface area contributed by atoms with Crippen LogP contribution in [0.2, 0.25) is 50.2 Å². The zero-order valence-corrected chi connectivity index (χ0v) is 59.9. The highest BCUT2D eigenvalue weighted by Gasteiger charge is 2.19. The number of nitro benzene ring substituents is 2. The first-order chi connectivity index (χ1) is 48.0. The van der Waals surface area contributed by atoms with Gasteiger partial charge in [0.1, 0.15) is 11.4 Å². The number of nitro groups is 2. The number of nitrogen functional groups attached to an aromatic ring is 3. The number of ketones is 1. The van der Waals surface area contributed by atoms with E-state index >= 15 is 0 Å². The van der Waals surface area contributed by atoms with E-state index in [0.717, 1.165) is 27.8 Å². The van der Waals surface area contributed by atoms with Crippen LogP contribution in [0, 0.1) is 92.8 Å². The summed E-state index contributed by atoms with van der Waals surface area (Å²) in [6.45, 7) is 1.68. The van der Waals surface area contributed by atoms with Crippen LogP contribution < -0.4 is 39.1 Å². The molecule has 8 aromatic carbocycles. The van der Waals surface area contributed by atoms with Crippen LogP contribution in [-0.4, -0.2) is 61.6 Å². The Bertz CT molecular complexity index is 5260. The van der Waals surface area contributed by atoms with E-state index in [1.54, 1.807) is 114 Å². The van der Waals surface area contributed by atoms with Crippen molar-refractivity contribution in [1.82, 2.24) is 27.8 Å². The molecule has 11 rings (SSSR count). The molecule has 0 aliphatic rings. The molecule has 21 nitrogen and oxygen atoms in total. The maximum absolute atomic E-state index is 12.6. The Morgan fingerprint density at radius 2 is 0.931 bits per heavy atom. The number of fused-ring (bicyclic) bond motifs is 3. The number of nitrogens with zero attached hydrogens (tertiary/aromatic N) is 8. The minimum atomic E-state index is -0.857. The van der Waals surface area contributed by atoms with Gasteiger partial charge in [-0.05, 0) is 133 Å². The zero-order valence-electron chi connectivity index (χ0n) is 52.3. The minimum Gasteiger partial charge on any atom is -0.397 e. The van der Waals surface area contributed by atoms with Gasteiger partial charge < -0.3 is 42.1 Å². The second-order valence-electron chi connectivity index (χ2n) is 20.6. The zero-order chi connectivity index (χ0) is 74.4. The number of carbonyl (C=O) groups is 1. The quantitative estimate of drug-likeness (QED) is 0.0156. The minimum absolute atomic E-state index is 0.0213. The van der Waals surface area contributed by atoms with E-state index in [-0.39, 0.29) is 66.8 Å². The van der Waals surface area contributed by atoms with E-state index < -0.39 is 16.0 Å². The average molecular weight is 1560 g/mol. The Kier molecular flexibility index (Phi) is 30.0. The summed E-state index contributed by atoms with van der Waals surface area (Å²) in [6.07, 6.45) is 25.3. The molecule has 0 aliphatic carbocycles. The number of hydrogen-bond acceptors (Lipinski definition) is 14. The summed E-state index contributed by atoms with van der Waals surface area (Å²) < 4.78 is 8.33. The molecule has 101 heavy (non-hydrogen) atoms. The van der Waals surface area contributed by atoms with Gasteiger partial charge in [0.2, 0.25) is 17.2 Å². The summed E-state index contributed by atoms with van der Waals surface area (Å²) in [4.78, 5) is 36.5. The number of rotatable bonds is 15. The summed E-state index contributed by atoms with van der Waals surface area (Å²) in [6, 6.07) is 39.1. The van der Waals surface area contributed by atoms with Crippen LogP contribution in [0.25, 0.3) is 33.1 Å². The van der Waals surface area contributed by atoms with Crippen LogP contribution in [-0.2, 0) is 32.7 Å². The van der Waals surface area contributed by atoms with Crippen LogP contribution >= 0.6 is 116 Å². The third kappa shape index (κ3) is 21.7. The molecule has 0 bridgehead atoms. The van der Waals surface area contributed by atoms with Crippen LogP contribution in [0.1, 0.15) is 22.0 Å². The molecule has 516 valence electrons. The van der Waals surface area contributed by atoms with Gasteiger partial charge >= 0.3 is 0 Å². The average Bonchev–Trinajstić information content (AvgIpc) is 1.64. The normalized spacial score (nSPS) is 10.5. The molecule has 11 aromatic rings. The van der Waals surface area contributed by atoms with Gasteiger partial charge in [-0.3, -0.25) is 49.5 Å². The van der Waals surface area contributed by atoms with Crippen LogP contribution in [0.5, 0.6) is 0 Å². The highest BCUT2D eigenvalue weighted by Crippen LogP contribution is 2.31. The molecular formula is C70H55Cl10N15O6. The fraction of sp³-hybridized carbons (Fsp3) is 0.114. The molecule has 0 aliphatic heterocycles. The maximum Gasteiger partial charge on any atom is 0.292 e. The van der Waals surface area contributed by atoms with Gasteiger partial charge in [-0.2, -0.15) is 0 Å². The highest BCUT2D eigenvalue weighted by molar-refractivity contribution is 6.42. The van der Waals surface area contributed by atoms with Gasteiger partial charge in [-0.1, -0.05) is 152 Å². The topological polar surface area (TPSA) is 311 Å². The van der Waals surface area contributed by atoms with E-state index in [9.17, 15) is 30.1 Å². The molecule has 0 saturated heterocycles. The number of aromatic nitrogens is 6. The Morgan fingerprint density at radius 1 is 0.485 bits per heavy atom. The van der Waals surface area contributed by atoms with Gasteiger partial charge in [0.25, 0.3) is 11.4 Å². The number of nitrogens with two attached hydrogens (primary N) is 3. The summed E-state index contributed by atoms with van der Waals surface area (Å²) in [5.74, 6) is 12.6. The predicted octanol–water partition coefficient (Wildman–Crippen LogP) is 16.6. The van der Waals surface area contributed by atoms with E-state index in [1.165, 1.54) is 42.5 Å². The lowest BCUT2D eigenvalue weighted by molar-refractivity contribution is -0.384. The number of benzene rings is 8. The van der Waals surface area contributed by atoms with Crippen molar-refractivity contribution in [3.63, 3.8) is 0 Å². The monoisotopic (exact) mass is 1550 g/mol. The molecule has 0 spiro atoms. The Hall–Kier alpha value is -10.1. The fourth-order valence-electron chi connectivity index (χ4n) is 9.23.